The minimum absolute atomic E-state index is 0.116. The van der Waals surface area contributed by atoms with E-state index in [2.05, 4.69) is 9.47 Å². The fourth-order valence-electron chi connectivity index (χ4n) is 1.61. The van der Waals surface area contributed by atoms with Gasteiger partial charge in [-0.1, -0.05) is 18.2 Å². The van der Waals surface area contributed by atoms with Gasteiger partial charge < -0.3 is 13.9 Å². The van der Waals surface area contributed by atoms with E-state index in [1.54, 1.807) is 24.3 Å². The number of benzene rings is 1. The minimum Gasteiger partial charge on any atom is -0.433 e. The molecule has 0 saturated carbocycles. The molecule has 0 atom stereocenters. The van der Waals surface area contributed by atoms with Crippen LogP contribution < -0.4 is 5.63 Å². The predicted octanol–water partition coefficient (Wildman–Crippen LogP) is 1.33. The van der Waals surface area contributed by atoms with Gasteiger partial charge >= 0.3 is 11.8 Å². The van der Waals surface area contributed by atoms with Gasteiger partial charge in [0.25, 0.3) is 10.1 Å². The van der Waals surface area contributed by atoms with Crippen LogP contribution in [0.2, 0.25) is 0 Å². The lowest BCUT2D eigenvalue weighted by Gasteiger charge is -2.05. The Bertz CT molecular complexity index is 836. The highest BCUT2D eigenvalue weighted by Gasteiger charge is 2.11. The first-order chi connectivity index (χ1) is 10.3. The first-order valence-electron chi connectivity index (χ1n) is 6.11. The number of ether oxygens (including phenoxy) is 2. The Kier molecular flexibility index (Phi) is 4.78. The summed E-state index contributed by atoms with van der Waals surface area (Å²) in [4.78, 5) is 22.9. The molecule has 8 nitrogen and oxygen atoms in total. The van der Waals surface area contributed by atoms with Crippen molar-refractivity contribution < 1.29 is 31.7 Å². The van der Waals surface area contributed by atoms with Crippen molar-refractivity contribution >= 4 is 27.2 Å². The first kappa shape index (κ1) is 16.0. The Morgan fingerprint density at radius 2 is 1.95 bits per heavy atom. The quantitative estimate of drug-likeness (QED) is 0.496. The van der Waals surface area contributed by atoms with Crippen LogP contribution in [0, 0.1) is 0 Å². The van der Waals surface area contributed by atoms with E-state index < -0.39 is 34.3 Å². The maximum atomic E-state index is 11.7. The maximum Gasteiger partial charge on any atom is 0.508 e. The Labute approximate surface area is 125 Å². The predicted molar refractivity (Wildman–Crippen MR) is 75.0 cm³/mol. The molecule has 2 rings (SSSR count). The molecule has 1 aromatic carbocycles. The fourth-order valence-corrected chi connectivity index (χ4v) is 1.91. The van der Waals surface area contributed by atoms with Crippen LogP contribution in [0.5, 0.6) is 0 Å². The monoisotopic (exact) mass is 328 g/mol. The van der Waals surface area contributed by atoms with Crippen molar-refractivity contribution in [3.8, 4) is 0 Å². The maximum absolute atomic E-state index is 11.7. The SMILES string of the molecule is O=C(OCCS(=O)(=O)O)OCc1cc2ccccc2oc1=O. The zero-order valence-corrected chi connectivity index (χ0v) is 12.0. The van der Waals surface area contributed by atoms with Crippen LogP contribution >= 0.6 is 0 Å². The standard InChI is InChI=1S/C13H12O8S/c14-12-10(7-9-3-1-2-4-11(9)21-12)8-20-13(15)19-5-6-22(16,17)18/h1-4,7H,5-6,8H2,(H,16,17,18). The van der Waals surface area contributed by atoms with Crippen LogP contribution in [0.1, 0.15) is 5.56 Å². The van der Waals surface area contributed by atoms with Crippen LogP contribution in [0.15, 0.2) is 39.5 Å². The molecule has 0 aliphatic rings. The summed E-state index contributed by atoms with van der Waals surface area (Å²) in [5.41, 5.74) is -0.123. The third kappa shape index (κ3) is 4.57. The minimum atomic E-state index is -4.22. The van der Waals surface area contributed by atoms with Crippen LogP contribution in [-0.4, -0.2) is 31.5 Å². The van der Waals surface area contributed by atoms with Crippen molar-refractivity contribution in [2.75, 3.05) is 12.4 Å². The Balaban J connectivity index is 1.95. The zero-order valence-electron chi connectivity index (χ0n) is 11.2. The molecule has 0 spiro atoms. The second kappa shape index (κ2) is 6.58. The summed E-state index contributed by atoms with van der Waals surface area (Å²) in [6.07, 6.45) is -1.16. The van der Waals surface area contributed by atoms with Crippen molar-refractivity contribution in [3.05, 3.63) is 46.3 Å². The number of rotatable bonds is 5. The summed E-state index contributed by atoms with van der Waals surface area (Å²) in [6.45, 7) is -0.929. The summed E-state index contributed by atoms with van der Waals surface area (Å²) in [6, 6.07) is 8.36. The highest BCUT2D eigenvalue weighted by Crippen LogP contribution is 2.13. The van der Waals surface area contributed by atoms with E-state index in [0.717, 1.165) is 0 Å². The molecule has 0 radical (unpaired) electrons. The van der Waals surface area contributed by atoms with Crippen molar-refractivity contribution in [2.45, 2.75) is 6.61 Å². The normalized spacial score (nSPS) is 11.3. The molecule has 0 amide bonds. The number of carbonyl (C=O) groups is 1. The topological polar surface area (TPSA) is 120 Å². The van der Waals surface area contributed by atoms with Gasteiger partial charge in [-0.15, -0.1) is 0 Å². The molecule has 9 heteroatoms. The zero-order chi connectivity index (χ0) is 16.2. The molecular formula is C13H12O8S. The van der Waals surface area contributed by atoms with Gasteiger partial charge in [-0.05, 0) is 12.1 Å². The molecule has 0 aliphatic carbocycles. The number of para-hydroxylation sites is 1. The van der Waals surface area contributed by atoms with Gasteiger partial charge in [0.05, 0.1) is 5.56 Å². The number of hydrogen-bond donors (Lipinski definition) is 1. The lowest BCUT2D eigenvalue weighted by Crippen LogP contribution is -2.17. The lowest BCUT2D eigenvalue weighted by atomic mass is 10.2. The molecule has 0 saturated heterocycles. The van der Waals surface area contributed by atoms with Crippen molar-refractivity contribution in [2.24, 2.45) is 0 Å². The lowest BCUT2D eigenvalue weighted by molar-refractivity contribution is 0.0533. The molecule has 0 unspecified atom stereocenters. The fraction of sp³-hybridized carbons (Fsp3) is 0.231. The molecule has 1 N–H and O–H groups in total. The molecule has 118 valence electrons. The van der Waals surface area contributed by atoms with Gasteiger partial charge in [-0.2, -0.15) is 8.42 Å². The van der Waals surface area contributed by atoms with E-state index in [9.17, 15) is 18.0 Å². The smallest absolute Gasteiger partial charge is 0.433 e. The number of carbonyl (C=O) groups excluding carboxylic acids is 1. The van der Waals surface area contributed by atoms with E-state index in [1.165, 1.54) is 6.07 Å². The molecule has 1 heterocycles. The van der Waals surface area contributed by atoms with Gasteiger partial charge in [0, 0.05) is 5.39 Å². The van der Waals surface area contributed by atoms with Gasteiger partial charge in [0.2, 0.25) is 0 Å². The number of fused-ring (bicyclic) bond motifs is 1. The van der Waals surface area contributed by atoms with Gasteiger partial charge in [0.1, 0.15) is 24.5 Å². The average molecular weight is 328 g/mol. The summed E-state index contributed by atoms with van der Waals surface area (Å²) in [7, 11) is -4.22. The molecular weight excluding hydrogens is 316 g/mol. The molecule has 0 bridgehead atoms. The van der Waals surface area contributed by atoms with E-state index >= 15 is 0 Å². The molecule has 22 heavy (non-hydrogen) atoms. The van der Waals surface area contributed by atoms with Crippen molar-refractivity contribution in [3.63, 3.8) is 0 Å². The van der Waals surface area contributed by atoms with Gasteiger partial charge in [0.15, 0.2) is 0 Å². The Morgan fingerprint density at radius 1 is 1.23 bits per heavy atom. The van der Waals surface area contributed by atoms with Gasteiger partial charge in [-0.25, -0.2) is 9.59 Å². The Hall–Kier alpha value is -2.39. The van der Waals surface area contributed by atoms with Crippen LogP contribution in [-0.2, 0) is 26.2 Å². The summed E-state index contributed by atoms with van der Waals surface area (Å²) >= 11 is 0. The van der Waals surface area contributed by atoms with Crippen LogP contribution in [0.3, 0.4) is 0 Å². The second-order valence-corrected chi connectivity index (χ2v) is 5.84. The highest BCUT2D eigenvalue weighted by atomic mass is 32.2. The van der Waals surface area contributed by atoms with E-state index in [0.29, 0.717) is 11.0 Å². The summed E-state index contributed by atoms with van der Waals surface area (Å²) in [5, 5.41) is 0.667. The number of hydrogen-bond acceptors (Lipinski definition) is 7. The third-order valence-electron chi connectivity index (χ3n) is 2.62. The van der Waals surface area contributed by atoms with E-state index in [4.69, 9.17) is 8.97 Å². The van der Waals surface area contributed by atoms with Crippen molar-refractivity contribution in [1.82, 2.24) is 0 Å². The second-order valence-electron chi connectivity index (χ2n) is 4.27. The average Bonchev–Trinajstić information content (AvgIpc) is 2.43. The van der Waals surface area contributed by atoms with E-state index in [-0.39, 0.29) is 12.2 Å². The largest absolute Gasteiger partial charge is 0.508 e. The molecule has 1 aromatic heterocycles. The van der Waals surface area contributed by atoms with E-state index in [1.807, 2.05) is 0 Å². The summed E-state index contributed by atoms with van der Waals surface area (Å²) in [5.74, 6) is -0.736. The highest BCUT2D eigenvalue weighted by molar-refractivity contribution is 7.85. The van der Waals surface area contributed by atoms with Gasteiger partial charge in [-0.3, -0.25) is 4.55 Å². The van der Waals surface area contributed by atoms with Crippen molar-refractivity contribution in [1.29, 1.82) is 0 Å². The third-order valence-corrected chi connectivity index (χ3v) is 3.30. The first-order valence-corrected chi connectivity index (χ1v) is 7.72. The molecule has 2 aromatic rings. The van der Waals surface area contributed by atoms with Crippen LogP contribution in [0.4, 0.5) is 4.79 Å². The Morgan fingerprint density at radius 3 is 2.68 bits per heavy atom. The molecule has 0 aliphatic heterocycles. The summed E-state index contributed by atoms with van der Waals surface area (Å²) < 4.78 is 43.5. The van der Waals surface area contributed by atoms with Crippen LogP contribution in [0.25, 0.3) is 11.0 Å². The molecule has 0 fully saturated rings.